The molecule has 0 radical (unpaired) electrons. The van der Waals surface area contributed by atoms with Gasteiger partial charge >= 0.3 is 23.1 Å². The van der Waals surface area contributed by atoms with E-state index in [1.54, 1.807) is 0 Å². The van der Waals surface area contributed by atoms with Crippen molar-refractivity contribution in [3.8, 4) is 0 Å². The van der Waals surface area contributed by atoms with Crippen LogP contribution in [0.5, 0.6) is 0 Å². The van der Waals surface area contributed by atoms with E-state index < -0.39 is 0 Å². The van der Waals surface area contributed by atoms with E-state index in [-0.39, 0.29) is 42.9 Å². The van der Waals surface area contributed by atoms with Gasteiger partial charge in [0.25, 0.3) is 0 Å². The molecule has 0 atom stereocenters. The smallest absolute Gasteiger partial charge is 0.358 e. The minimum Gasteiger partial charge on any atom is -0.358 e. The Balaban J connectivity index is -0.000000213. The second kappa shape index (κ2) is 8.37. The number of rotatable bonds is 0. The summed E-state index contributed by atoms with van der Waals surface area (Å²) < 4.78 is 0. The topological polar surface area (TPSA) is 0 Å². The molecule has 1 aromatic carbocycles. The zero-order valence-corrected chi connectivity index (χ0v) is 9.58. The second-order valence-corrected chi connectivity index (χ2v) is 2.09. The molecule has 0 aliphatic rings. The zero-order valence-electron chi connectivity index (χ0n) is 7.35. The quantitative estimate of drug-likeness (QED) is 0.426. The molecular formula is C9H13ClMg. The van der Waals surface area contributed by atoms with Gasteiger partial charge in [0, 0.05) is 0 Å². The maximum atomic E-state index is 3.03. The molecule has 2 heteroatoms. The van der Waals surface area contributed by atoms with Gasteiger partial charge in [-0.3, -0.25) is 0 Å². The number of benzene rings is 1. The predicted molar refractivity (Wildman–Crippen MR) is 54.2 cm³/mol. The Bertz CT molecular complexity index is 169. The summed E-state index contributed by atoms with van der Waals surface area (Å²) in [6.45, 7) is 4.15. The zero-order chi connectivity index (χ0) is 5.98. The van der Waals surface area contributed by atoms with Crippen LogP contribution in [0.2, 0.25) is 0 Å². The van der Waals surface area contributed by atoms with Gasteiger partial charge in [-0.25, -0.2) is 0 Å². The van der Waals surface area contributed by atoms with Crippen molar-refractivity contribution in [3.05, 3.63) is 42.8 Å². The number of aryl methyl sites for hydroxylation is 2. The first-order valence-corrected chi connectivity index (χ1v) is 2.73. The third-order valence-corrected chi connectivity index (χ3v) is 1.08. The molecule has 0 bridgehead atoms. The molecule has 0 spiro atoms. The summed E-state index contributed by atoms with van der Waals surface area (Å²) >= 11 is 0. The maximum absolute atomic E-state index is 3.03. The Morgan fingerprint density at radius 2 is 1.45 bits per heavy atom. The van der Waals surface area contributed by atoms with Gasteiger partial charge in [-0.1, -0.05) is 13.8 Å². The van der Waals surface area contributed by atoms with Crippen LogP contribution in [0.15, 0.2) is 18.2 Å². The van der Waals surface area contributed by atoms with E-state index in [2.05, 4.69) is 26.0 Å². The van der Waals surface area contributed by atoms with Crippen LogP contribution >= 0.6 is 12.4 Å². The minimum absolute atomic E-state index is 0. The molecule has 0 unspecified atom stereocenters. The maximum Gasteiger partial charge on any atom is 2.00 e. The van der Waals surface area contributed by atoms with Gasteiger partial charge in [0.05, 0.1) is 0 Å². The molecule has 0 aliphatic heterocycles. The number of hydrogen-bond acceptors (Lipinski definition) is 0. The SMILES string of the molecule is Cc1c[c-]cc(C)c1.Cl.[CH3-].[Mg+2]. The fourth-order valence-electron chi connectivity index (χ4n) is 0.747. The molecule has 0 saturated carbocycles. The van der Waals surface area contributed by atoms with Crippen molar-refractivity contribution in [2.45, 2.75) is 13.8 Å². The molecule has 0 amide bonds. The Morgan fingerprint density at radius 3 is 1.64 bits per heavy atom. The fourth-order valence-corrected chi connectivity index (χ4v) is 0.747. The molecule has 1 aromatic rings. The van der Waals surface area contributed by atoms with Gasteiger partial charge in [-0.2, -0.15) is 35.4 Å². The molecule has 0 nitrogen and oxygen atoms in total. The van der Waals surface area contributed by atoms with Gasteiger partial charge in [-0.05, 0) is 0 Å². The van der Waals surface area contributed by atoms with Crippen LogP contribution in [-0.4, -0.2) is 23.1 Å². The molecule has 11 heavy (non-hydrogen) atoms. The van der Waals surface area contributed by atoms with Gasteiger partial charge in [0.2, 0.25) is 0 Å². The summed E-state index contributed by atoms with van der Waals surface area (Å²) in [5, 5.41) is 0. The normalized spacial score (nSPS) is 6.73. The van der Waals surface area contributed by atoms with E-state index in [1.165, 1.54) is 11.1 Å². The van der Waals surface area contributed by atoms with Crippen molar-refractivity contribution < 1.29 is 0 Å². The number of hydrogen-bond donors (Lipinski definition) is 0. The van der Waals surface area contributed by atoms with Crippen LogP contribution < -0.4 is 0 Å². The van der Waals surface area contributed by atoms with Crippen molar-refractivity contribution in [2.75, 3.05) is 0 Å². The van der Waals surface area contributed by atoms with Gasteiger partial charge in [0.15, 0.2) is 0 Å². The minimum atomic E-state index is 0. The third kappa shape index (κ3) is 6.67. The summed E-state index contributed by atoms with van der Waals surface area (Å²) in [7, 11) is 0. The van der Waals surface area contributed by atoms with Gasteiger partial charge in [0.1, 0.15) is 0 Å². The largest absolute Gasteiger partial charge is 2.00 e. The van der Waals surface area contributed by atoms with E-state index >= 15 is 0 Å². The van der Waals surface area contributed by atoms with Crippen molar-refractivity contribution in [1.29, 1.82) is 0 Å². The van der Waals surface area contributed by atoms with Crippen LogP contribution in [0.1, 0.15) is 11.1 Å². The summed E-state index contributed by atoms with van der Waals surface area (Å²) in [4.78, 5) is 0. The molecule has 0 saturated heterocycles. The average molecular weight is 181 g/mol. The van der Waals surface area contributed by atoms with Crippen molar-refractivity contribution in [2.24, 2.45) is 0 Å². The molecule has 0 aromatic heterocycles. The van der Waals surface area contributed by atoms with Crippen molar-refractivity contribution in [3.63, 3.8) is 0 Å². The summed E-state index contributed by atoms with van der Waals surface area (Å²) in [6, 6.07) is 9.12. The Labute approximate surface area is 92.0 Å². The molecule has 0 aliphatic carbocycles. The first-order chi connectivity index (χ1) is 3.79. The van der Waals surface area contributed by atoms with E-state index in [1.807, 2.05) is 12.1 Å². The Hall–Kier alpha value is 0.276. The summed E-state index contributed by atoms with van der Waals surface area (Å²) in [5.41, 5.74) is 2.56. The molecule has 1 rings (SSSR count). The van der Waals surface area contributed by atoms with Crippen LogP contribution in [0.3, 0.4) is 0 Å². The van der Waals surface area contributed by atoms with E-state index in [0.29, 0.717) is 0 Å². The van der Waals surface area contributed by atoms with Gasteiger partial charge in [-0.15, -0.1) is 12.4 Å². The first-order valence-electron chi connectivity index (χ1n) is 2.73. The van der Waals surface area contributed by atoms with E-state index in [9.17, 15) is 0 Å². The first kappa shape index (κ1) is 17.4. The fraction of sp³-hybridized carbons (Fsp3) is 0.222. The summed E-state index contributed by atoms with van der Waals surface area (Å²) in [6.07, 6.45) is 0. The van der Waals surface area contributed by atoms with Crippen molar-refractivity contribution >= 4 is 35.5 Å². The van der Waals surface area contributed by atoms with Crippen LogP contribution in [0.4, 0.5) is 0 Å². The van der Waals surface area contributed by atoms with Crippen LogP contribution in [0, 0.1) is 27.3 Å². The van der Waals surface area contributed by atoms with Gasteiger partial charge < -0.3 is 7.43 Å². The average Bonchev–Trinajstić information content (AvgIpc) is 1.64. The predicted octanol–water partition coefficient (Wildman–Crippen LogP) is 2.59. The Kier molecular flexibility index (Phi) is 13.2. The van der Waals surface area contributed by atoms with Crippen LogP contribution in [0.25, 0.3) is 0 Å². The molecule has 0 N–H and O–H groups in total. The molecule has 0 fully saturated rings. The summed E-state index contributed by atoms with van der Waals surface area (Å²) in [5.74, 6) is 0. The molecular weight excluding hydrogens is 168 g/mol. The van der Waals surface area contributed by atoms with Crippen LogP contribution in [-0.2, 0) is 0 Å². The Morgan fingerprint density at radius 1 is 1.09 bits per heavy atom. The standard InChI is InChI=1S/C8H9.CH3.ClH.Mg/c1-7-4-3-5-8(2)6-7;;;/h4-6H,1-2H3;1H3;1H;/q2*-1;;+2. The monoisotopic (exact) mass is 180 g/mol. The van der Waals surface area contributed by atoms with E-state index in [0.717, 1.165) is 0 Å². The second-order valence-electron chi connectivity index (χ2n) is 2.09. The number of halogens is 1. The van der Waals surface area contributed by atoms with Crippen molar-refractivity contribution in [1.82, 2.24) is 0 Å². The molecule has 58 valence electrons. The van der Waals surface area contributed by atoms with E-state index in [4.69, 9.17) is 0 Å². The third-order valence-electron chi connectivity index (χ3n) is 1.08. The molecule has 0 heterocycles.